The van der Waals surface area contributed by atoms with Crippen LogP contribution in [-0.2, 0) is 8.58 Å². The van der Waals surface area contributed by atoms with Gasteiger partial charge in [0.2, 0.25) is 5.95 Å². The fourth-order valence-electron chi connectivity index (χ4n) is 0.735. The number of hydrogen-bond acceptors (Lipinski definition) is 6. The van der Waals surface area contributed by atoms with E-state index in [1.807, 2.05) is 0 Å². The monoisotopic (exact) mass is 238 g/mol. The molecule has 1 aromatic heterocycles. The van der Waals surface area contributed by atoms with Crippen LogP contribution >= 0.6 is 23.7 Å². The average Bonchev–Trinajstić information content (AvgIpc) is 2.24. The highest BCUT2D eigenvalue weighted by Crippen LogP contribution is 2.05. The number of rotatable bonds is 6. The van der Waals surface area contributed by atoms with Gasteiger partial charge in [-0.05, 0) is 6.07 Å². The summed E-state index contributed by atoms with van der Waals surface area (Å²) in [5.74, 6) is 0.975. The highest BCUT2D eigenvalue weighted by molar-refractivity contribution is 6.07. The van der Waals surface area contributed by atoms with Gasteiger partial charge in [0.15, 0.2) is 0 Å². The first kappa shape index (κ1) is 11.3. The maximum absolute atomic E-state index is 5.02. The molecule has 0 aliphatic heterocycles. The van der Waals surface area contributed by atoms with E-state index < -0.39 is 0 Å². The SMILES string of the molecule is ClOCNc1ccnc(NCOCl)n1. The molecule has 0 saturated carbocycles. The molecule has 0 unspecified atom stereocenters. The van der Waals surface area contributed by atoms with Gasteiger partial charge in [-0.3, -0.25) is 8.58 Å². The Hall–Kier alpha value is -0.820. The Bertz CT molecular complexity index is 253. The molecule has 1 aromatic rings. The fraction of sp³-hybridized carbons (Fsp3) is 0.333. The van der Waals surface area contributed by atoms with Crippen molar-refractivity contribution >= 4 is 35.5 Å². The molecular weight excluding hydrogens is 231 g/mol. The van der Waals surface area contributed by atoms with Crippen LogP contribution in [0.25, 0.3) is 0 Å². The summed E-state index contributed by atoms with van der Waals surface area (Å²) in [5.41, 5.74) is 0. The second-order valence-electron chi connectivity index (χ2n) is 2.13. The molecule has 0 fully saturated rings. The summed E-state index contributed by atoms with van der Waals surface area (Å²) in [6.07, 6.45) is 1.57. The quantitative estimate of drug-likeness (QED) is 0.734. The van der Waals surface area contributed by atoms with Crippen LogP contribution in [0.2, 0.25) is 0 Å². The van der Waals surface area contributed by atoms with Gasteiger partial charge in [-0.25, -0.2) is 4.98 Å². The Labute approximate surface area is 90.9 Å². The lowest BCUT2D eigenvalue weighted by Crippen LogP contribution is -2.08. The van der Waals surface area contributed by atoms with Gasteiger partial charge in [-0.15, -0.1) is 0 Å². The van der Waals surface area contributed by atoms with Crippen molar-refractivity contribution < 1.29 is 8.58 Å². The van der Waals surface area contributed by atoms with Crippen molar-refractivity contribution in [3.05, 3.63) is 12.3 Å². The van der Waals surface area contributed by atoms with E-state index in [0.717, 1.165) is 0 Å². The van der Waals surface area contributed by atoms with Crippen LogP contribution in [0.3, 0.4) is 0 Å². The van der Waals surface area contributed by atoms with Crippen LogP contribution in [-0.4, -0.2) is 23.4 Å². The lowest BCUT2D eigenvalue weighted by molar-refractivity contribution is 0.383. The van der Waals surface area contributed by atoms with Crippen LogP contribution < -0.4 is 10.6 Å². The van der Waals surface area contributed by atoms with E-state index in [1.165, 1.54) is 0 Å². The van der Waals surface area contributed by atoms with Crippen molar-refractivity contribution in [3.63, 3.8) is 0 Å². The van der Waals surface area contributed by atoms with E-state index in [0.29, 0.717) is 11.8 Å². The Morgan fingerprint density at radius 3 is 2.64 bits per heavy atom. The van der Waals surface area contributed by atoms with Crippen molar-refractivity contribution in [3.8, 4) is 0 Å². The molecule has 1 heterocycles. The standard InChI is InChI=1S/C6H8Cl2N4O2/c7-13-3-10-5-1-2-9-6(12-5)11-4-14-8/h1-2H,3-4H2,(H2,9,10,11,12). The van der Waals surface area contributed by atoms with Crippen molar-refractivity contribution in [1.29, 1.82) is 0 Å². The summed E-state index contributed by atoms with van der Waals surface area (Å²) in [7, 11) is 0. The molecule has 0 saturated heterocycles. The first-order valence-electron chi connectivity index (χ1n) is 3.64. The second-order valence-corrected chi connectivity index (χ2v) is 2.56. The maximum atomic E-state index is 5.02. The Morgan fingerprint density at radius 2 is 1.93 bits per heavy atom. The van der Waals surface area contributed by atoms with Gasteiger partial charge in [0.25, 0.3) is 0 Å². The normalized spacial score (nSPS) is 9.86. The molecule has 0 atom stereocenters. The minimum atomic E-state index is 0.122. The first-order valence-corrected chi connectivity index (χ1v) is 4.26. The molecule has 1 rings (SSSR count). The van der Waals surface area contributed by atoms with Crippen LogP contribution in [0.4, 0.5) is 11.8 Å². The molecule has 0 amide bonds. The Balaban J connectivity index is 2.50. The molecule has 0 aliphatic carbocycles. The third-order valence-corrected chi connectivity index (χ3v) is 1.47. The topological polar surface area (TPSA) is 68.3 Å². The summed E-state index contributed by atoms with van der Waals surface area (Å²) < 4.78 is 8.58. The largest absolute Gasteiger partial charge is 0.346 e. The smallest absolute Gasteiger partial charge is 0.226 e. The Kier molecular flexibility index (Phi) is 5.31. The molecule has 0 spiro atoms. The maximum Gasteiger partial charge on any atom is 0.226 e. The molecule has 0 aromatic carbocycles. The highest BCUT2D eigenvalue weighted by Gasteiger charge is 1.97. The number of nitrogens with one attached hydrogen (secondary N) is 2. The molecule has 14 heavy (non-hydrogen) atoms. The van der Waals surface area contributed by atoms with Gasteiger partial charge >= 0.3 is 0 Å². The van der Waals surface area contributed by atoms with Gasteiger partial charge in [0, 0.05) is 6.20 Å². The average molecular weight is 239 g/mol. The Morgan fingerprint density at radius 1 is 1.21 bits per heavy atom. The number of hydrogen-bond donors (Lipinski definition) is 2. The molecule has 8 heteroatoms. The zero-order valence-electron chi connectivity index (χ0n) is 7.04. The van der Waals surface area contributed by atoms with E-state index >= 15 is 0 Å². The van der Waals surface area contributed by atoms with Gasteiger partial charge in [0.1, 0.15) is 19.3 Å². The van der Waals surface area contributed by atoms with E-state index in [9.17, 15) is 0 Å². The number of halogens is 2. The number of anilines is 2. The molecule has 0 radical (unpaired) electrons. The predicted molar refractivity (Wildman–Crippen MR) is 52.9 cm³/mol. The molecule has 0 bridgehead atoms. The number of nitrogens with zero attached hydrogens (tertiary/aromatic N) is 2. The summed E-state index contributed by atoms with van der Waals surface area (Å²) in [6, 6.07) is 1.67. The van der Waals surface area contributed by atoms with E-state index in [1.54, 1.807) is 12.3 Å². The molecule has 2 N–H and O–H groups in total. The zero-order valence-corrected chi connectivity index (χ0v) is 8.55. The van der Waals surface area contributed by atoms with Crippen LogP contribution in [0.15, 0.2) is 12.3 Å². The van der Waals surface area contributed by atoms with E-state index in [-0.39, 0.29) is 13.5 Å². The van der Waals surface area contributed by atoms with Gasteiger partial charge in [-0.2, -0.15) is 4.98 Å². The molecule has 0 aliphatic rings. The first-order chi connectivity index (χ1) is 6.86. The molecular formula is C6H8Cl2N4O2. The zero-order chi connectivity index (χ0) is 10.2. The third-order valence-electron chi connectivity index (χ3n) is 1.25. The summed E-state index contributed by atoms with van der Waals surface area (Å²) in [6.45, 7) is 0.279. The summed E-state index contributed by atoms with van der Waals surface area (Å²) >= 11 is 10.0. The molecule has 78 valence electrons. The van der Waals surface area contributed by atoms with Crippen LogP contribution in [0.5, 0.6) is 0 Å². The fourth-order valence-corrected chi connectivity index (χ4v) is 0.844. The van der Waals surface area contributed by atoms with Crippen molar-refractivity contribution in [2.24, 2.45) is 0 Å². The third kappa shape index (κ3) is 3.93. The lowest BCUT2D eigenvalue weighted by Gasteiger charge is -2.05. The number of aromatic nitrogens is 2. The van der Waals surface area contributed by atoms with Gasteiger partial charge in [-0.1, -0.05) is 0 Å². The van der Waals surface area contributed by atoms with E-state index in [4.69, 9.17) is 23.7 Å². The lowest BCUT2D eigenvalue weighted by atomic mass is 10.6. The van der Waals surface area contributed by atoms with E-state index in [2.05, 4.69) is 29.2 Å². The van der Waals surface area contributed by atoms with Crippen molar-refractivity contribution in [2.75, 3.05) is 24.1 Å². The predicted octanol–water partition coefficient (Wildman–Crippen LogP) is 1.56. The van der Waals surface area contributed by atoms with Crippen molar-refractivity contribution in [1.82, 2.24) is 9.97 Å². The summed E-state index contributed by atoms with van der Waals surface area (Å²) in [5, 5.41) is 5.51. The highest BCUT2D eigenvalue weighted by atomic mass is 35.5. The minimum Gasteiger partial charge on any atom is -0.346 e. The van der Waals surface area contributed by atoms with Crippen molar-refractivity contribution in [2.45, 2.75) is 0 Å². The van der Waals surface area contributed by atoms with Gasteiger partial charge < -0.3 is 10.6 Å². The summed E-state index contributed by atoms with van der Waals surface area (Å²) in [4.78, 5) is 7.95. The second kappa shape index (κ2) is 6.61. The van der Waals surface area contributed by atoms with Crippen LogP contribution in [0, 0.1) is 0 Å². The molecule has 6 nitrogen and oxygen atoms in total. The van der Waals surface area contributed by atoms with Crippen LogP contribution in [0.1, 0.15) is 0 Å². The minimum absolute atomic E-state index is 0.122. The van der Waals surface area contributed by atoms with Gasteiger partial charge in [0.05, 0.1) is 23.7 Å².